The molecule has 2 heterocycles. The fourth-order valence-electron chi connectivity index (χ4n) is 5.71. The summed E-state index contributed by atoms with van der Waals surface area (Å²) in [6, 6.07) is 18.6. The summed E-state index contributed by atoms with van der Waals surface area (Å²) in [5.74, 6) is -0.0502. The topological polar surface area (TPSA) is 111 Å². The van der Waals surface area contributed by atoms with Crippen LogP contribution in [0.15, 0.2) is 72.8 Å². The van der Waals surface area contributed by atoms with Crippen LogP contribution in [0.3, 0.4) is 0 Å². The molecule has 0 radical (unpaired) electrons. The molecule has 1 amide bonds. The van der Waals surface area contributed by atoms with Crippen molar-refractivity contribution in [2.45, 2.75) is 37.9 Å². The van der Waals surface area contributed by atoms with Crippen LogP contribution in [0.25, 0.3) is 11.3 Å². The van der Waals surface area contributed by atoms with Gasteiger partial charge in [-0.1, -0.05) is 60.7 Å². The molecular formula is C30H35N5O3S. The second kappa shape index (κ2) is 10.9. The summed E-state index contributed by atoms with van der Waals surface area (Å²) in [6.45, 7) is 4.23. The summed E-state index contributed by atoms with van der Waals surface area (Å²) in [5.41, 5.74) is 9.68. The summed E-state index contributed by atoms with van der Waals surface area (Å²) < 4.78 is 25.8. The van der Waals surface area contributed by atoms with E-state index in [2.05, 4.69) is 69.6 Å². The zero-order valence-corrected chi connectivity index (χ0v) is 23.3. The highest BCUT2D eigenvalue weighted by Gasteiger charge is 2.34. The smallest absolute Gasteiger partial charge is 0.288 e. The average molecular weight is 546 g/mol. The number of aryl methyl sites for hydroxylation is 1. The van der Waals surface area contributed by atoms with Crippen LogP contribution in [0.4, 0.5) is 0 Å². The normalized spacial score (nSPS) is 20.6. The minimum Gasteiger partial charge on any atom is -0.363 e. The number of amides is 1. The zero-order chi connectivity index (χ0) is 27.6. The summed E-state index contributed by atoms with van der Waals surface area (Å²) in [7, 11) is -3.00. The SMILES string of the molecule is Cc1nc(C(N)=O)nn1-c1ccc(CC2(CN3CCC(S(C)(=O)=O)CC3)C=CC(c3ccccc3)=CC2)cc1. The van der Waals surface area contributed by atoms with E-state index in [9.17, 15) is 13.2 Å². The van der Waals surface area contributed by atoms with Gasteiger partial charge in [-0.3, -0.25) is 4.79 Å². The molecular weight excluding hydrogens is 510 g/mol. The largest absolute Gasteiger partial charge is 0.363 e. The zero-order valence-electron chi connectivity index (χ0n) is 22.5. The number of aromatic nitrogens is 3. The minimum atomic E-state index is -3.00. The van der Waals surface area contributed by atoms with Crippen molar-refractivity contribution in [1.29, 1.82) is 0 Å². The Hall–Kier alpha value is -3.56. The highest BCUT2D eigenvalue weighted by Crippen LogP contribution is 2.38. The number of carbonyl (C=O) groups excluding carboxylic acids is 1. The van der Waals surface area contributed by atoms with Gasteiger partial charge in [-0.15, -0.1) is 5.10 Å². The van der Waals surface area contributed by atoms with E-state index in [1.807, 2.05) is 18.2 Å². The van der Waals surface area contributed by atoms with Crippen molar-refractivity contribution in [1.82, 2.24) is 19.7 Å². The van der Waals surface area contributed by atoms with Gasteiger partial charge in [-0.2, -0.15) is 0 Å². The fourth-order valence-corrected chi connectivity index (χ4v) is 6.77. The standard InChI is InChI=1S/C30H35N5O3S/c1-22-32-29(28(31)36)33-35(22)26-10-8-23(9-11-26)20-30(21-34-18-14-27(15-19-34)39(2,37)38)16-12-25(13-17-30)24-6-4-3-5-7-24/h3-13,16,27H,14-15,17-21H2,1-2H3,(H2,31,36). The number of sulfone groups is 1. The van der Waals surface area contributed by atoms with Gasteiger partial charge >= 0.3 is 0 Å². The fraction of sp³-hybridized carbons (Fsp3) is 0.367. The third-order valence-electron chi connectivity index (χ3n) is 7.86. The van der Waals surface area contributed by atoms with Crippen LogP contribution in [0.1, 0.15) is 46.8 Å². The highest BCUT2D eigenvalue weighted by molar-refractivity contribution is 7.91. The molecule has 39 heavy (non-hydrogen) atoms. The molecule has 0 spiro atoms. The van der Waals surface area contributed by atoms with Gasteiger partial charge in [-0.05, 0) is 74.5 Å². The number of nitrogens with two attached hydrogens (primary N) is 1. The third-order valence-corrected chi connectivity index (χ3v) is 9.54. The van der Waals surface area contributed by atoms with Crippen molar-refractivity contribution in [3.05, 3.63) is 95.6 Å². The van der Waals surface area contributed by atoms with E-state index in [-0.39, 0.29) is 16.5 Å². The second-order valence-electron chi connectivity index (χ2n) is 10.8. The summed E-state index contributed by atoms with van der Waals surface area (Å²) in [4.78, 5) is 18.1. The molecule has 1 aliphatic carbocycles. The maximum absolute atomic E-state index is 12.1. The number of rotatable bonds is 8. The van der Waals surface area contributed by atoms with Crippen molar-refractivity contribution in [3.8, 4) is 5.69 Å². The van der Waals surface area contributed by atoms with Crippen LogP contribution in [0, 0.1) is 12.3 Å². The highest BCUT2D eigenvalue weighted by atomic mass is 32.2. The van der Waals surface area contributed by atoms with Crippen molar-refractivity contribution < 1.29 is 13.2 Å². The number of allylic oxidation sites excluding steroid dienone is 3. The van der Waals surface area contributed by atoms with Gasteiger partial charge < -0.3 is 10.6 Å². The Kier molecular flexibility index (Phi) is 7.55. The summed E-state index contributed by atoms with van der Waals surface area (Å²) >= 11 is 0. The Morgan fingerprint density at radius 1 is 1.08 bits per heavy atom. The van der Waals surface area contributed by atoms with Gasteiger partial charge in [0.05, 0.1) is 10.9 Å². The van der Waals surface area contributed by atoms with Crippen molar-refractivity contribution in [2.75, 3.05) is 25.9 Å². The van der Waals surface area contributed by atoms with E-state index in [1.54, 1.807) is 11.6 Å². The van der Waals surface area contributed by atoms with Gasteiger partial charge in [0.1, 0.15) is 15.7 Å². The summed E-state index contributed by atoms with van der Waals surface area (Å²) in [6.07, 6.45) is 11.4. The first-order valence-electron chi connectivity index (χ1n) is 13.3. The van der Waals surface area contributed by atoms with E-state index in [4.69, 9.17) is 5.73 Å². The number of benzene rings is 2. The Morgan fingerprint density at radius 2 is 1.77 bits per heavy atom. The molecule has 1 unspecified atom stereocenters. The first kappa shape index (κ1) is 27.0. The number of piperidine rings is 1. The minimum absolute atomic E-state index is 0.00326. The van der Waals surface area contributed by atoms with Gasteiger partial charge in [0.2, 0.25) is 5.82 Å². The van der Waals surface area contributed by atoms with Gasteiger partial charge in [0.15, 0.2) is 0 Å². The molecule has 2 aromatic carbocycles. The maximum atomic E-state index is 12.1. The van der Waals surface area contributed by atoms with Gasteiger partial charge in [0, 0.05) is 18.2 Å². The van der Waals surface area contributed by atoms with Gasteiger partial charge in [-0.25, -0.2) is 18.1 Å². The van der Waals surface area contributed by atoms with Crippen LogP contribution < -0.4 is 5.73 Å². The molecule has 0 bridgehead atoms. The van der Waals surface area contributed by atoms with Crippen LogP contribution in [0.2, 0.25) is 0 Å². The first-order valence-corrected chi connectivity index (χ1v) is 15.3. The predicted molar refractivity (Wildman–Crippen MR) is 153 cm³/mol. The van der Waals surface area contributed by atoms with Crippen LogP contribution in [0.5, 0.6) is 0 Å². The van der Waals surface area contributed by atoms with Crippen molar-refractivity contribution in [2.24, 2.45) is 11.1 Å². The van der Waals surface area contributed by atoms with Crippen LogP contribution >= 0.6 is 0 Å². The molecule has 9 heteroatoms. The maximum Gasteiger partial charge on any atom is 0.288 e. The molecule has 0 saturated carbocycles. The number of carbonyl (C=O) groups is 1. The van der Waals surface area contributed by atoms with E-state index in [0.717, 1.165) is 38.2 Å². The first-order chi connectivity index (χ1) is 18.6. The lowest BCUT2D eigenvalue weighted by molar-refractivity contribution is 0.0990. The molecule has 8 nitrogen and oxygen atoms in total. The molecule has 2 aliphatic rings. The Morgan fingerprint density at radius 3 is 2.33 bits per heavy atom. The number of primary amides is 1. The monoisotopic (exact) mass is 545 g/mol. The predicted octanol–water partition coefficient (Wildman–Crippen LogP) is 3.76. The quantitative estimate of drug-likeness (QED) is 0.462. The molecule has 3 aromatic rings. The Labute approximate surface area is 230 Å². The molecule has 5 rings (SSSR count). The molecule has 1 aliphatic heterocycles. The molecule has 1 aromatic heterocycles. The molecule has 1 saturated heterocycles. The van der Waals surface area contributed by atoms with E-state index in [0.29, 0.717) is 18.7 Å². The molecule has 1 fully saturated rings. The molecule has 1 atom stereocenters. The van der Waals surface area contributed by atoms with Crippen LogP contribution in [-0.4, -0.2) is 65.1 Å². The number of nitrogens with zero attached hydrogens (tertiary/aromatic N) is 4. The lowest BCUT2D eigenvalue weighted by atomic mass is 9.74. The lowest BCUT2D eigenvalue weighted by Gasteiger charge is -2.40. The van der Waals surface area contributed by atoms with Crippen molar-refractivity contribution >= 4 is 21.3 Å². The average Bonchev–Trinajstić information content (AvgIpc) is 3.32. The second-order valence-corrected chi connectivity index (χ2v) is 13.2. The molecule has 204 valence electrons. The van der Waals surface area contributed by atoms with Crippen molar-refractivity contribution in [3.63, 3.8) is 0 Å². The number of hydrogen-bond donors (Lipinski definition) is 1. The van der Waals surface area contributed by atoms with E-state index >= 15 is 0 Å². The lowest BCUT2D eigenvalue weighted by Crippen LogP contribution is -2.45. The Bertz CT molecular complexity index is 1500. The number of likely N-dealkylation sites (tertiary alicyclic amines) is 1. The number of hydrogen-bond acceptors (Lipinski definition) is 6. The molecule has 2 N–H and O–H groups in total. The third kappa shape index (κ3) is 6.20. The van der Waals surface area contributed by atoms with Crippen LogP contribution in [-0.2, 0) is 16.3 Å². The van der Waals surface area contributed by atoms with E-state index < -0.39 is 15.7 Å². The summed E-state index contributed by atoms with van der Waals surface area (Å²) in [5, 5.41) is 4.00. The Balaban J connectivity index is 1.36. The van der Waals surface area contributed by atoms with E-state index in [1.165, 1.54) is 23.0 Å². The van der Waals surface area contributed by atoms with Gasteiger partial charge in [0.25, 0.3) is 5.91 Å².